The molecule has 0 saturated heterocycles. The van der Waals surface area contributed by atoms with Crippen LogP contribution in [0.3, 0.4) is 0 Å². The number of thiophene rings is 1. The molecule has 1 heterocycles. The van der Waals surface area contributed by atoms with Crippen LogP contribution in [0.1, 0.15) is 44.9 Å². The first-order valence-corrected chi connectivity index (χ1v) is 7.71. The fraction of sp³-hybridized carbons (Fsp3) is 0.733. The molecule has 0 spiro atoms. The highest BCUT2D eigenvalue weighted by atomic mass is 32.1. The maximum atomic E-state index is 9.86. The first-order valence-electron chi connectivity index (χ1n) is 6.83. The summed E-state index contributed by atoms with van der Waals surface area (Å²) in [5, 5.41) is 15.6. The van der Waals surface area contributed by atoms with E-state index in [1.807, 2.05) is 0 Å². The lowest BCUT2D eigenvalue weighted by Gasteiger charge is -2.47. The van der Waals surface area contributed by atoms with Crippen molar-refractivity contribution in [2.24, 2.45) is 11.3 Å². The van der Waals surface area contributed by atoms with Gasteiger partial charge < -0.3 is 10.4 Å². The van der Waals surface area contributed by atoms with E-state index in [0.29, 0.717) is 11.3 Å². The Morgan fingerprint density at radius 1 is 1.44 bits per heavy atom. The van der Waals surface area contributed by atoms with E-state index >= 15 is 0 Å². The molecule has 2 unspecified atom stereocenters. The summed E-state index contributed by atoms with van der Waals surface area (Å²) in [5.41, 5.74) is 0.230. The number of hydrogen-bond donors (Lipinski definition) is 2. The van der Waals surface area contributed by atoms with Crippen molar-refractivity contribution in [3.05, 3.63) is 22.4 Å². The Bertz CT molecular complexity index is 374. The van der Waals surface area contributed by atoms with Crippen molar-refractivity contribution in [3.8, 4) is 0 Å². The minimum atomic E-state index is -0.0921. The summed E-state index contributed by atoms with van der Waals surface area (Å²) in [6.45, 7) is 8.06. The van der Waals surface area contributed by atoms with Gasteiger partial charge in [0.15, 0.2) is 0 Å². The van der Waals surface area contributed by atoms with E-state index in [1.165, 1.54) is 11.3 Å². The van der Waals surface area contributed by atoms with Crippen LogP contribution in [0.2, 0.25) is 0 Å². The first kappa shape index (κ1) is 14.0. The smallest absolute Gasteiger partial charge is 0.0613 e. The lowest BCUT2D eigenvalue weighted by atomic mass is 9.64. The fourth-order valence-electron chi connectivity index (χ4n) is 3.74. The maximum absolute atomic E-state index is 9.86. The van der Waals surface area contributed by atoms with Crippen LogP contribution in [0.5, 0.6) is 0 Å². The van der Waals surface area contributed by atoms with Crippen LogP contribution < -0.4 is 5.32 Å². The molecule has 1 aliphatic carbocycles. The minimum Gasteiger partial charge on any atom is -0.394 e. The average Bonchev–Trinajstić information content (AvgIpc) is 2.76. The summed E-state index contributed by atoms with van der Waals surface area (Å²) in [4.78, 5) is 1.35. The van der Waals surface area contributed by atoms with Gasteiger partial charge in [0.1, 0.15) is 0 Å². The molecule has 2 nitrogen and oxygen atoms in total. The van der Waals surface area contributed by atoms with Crippen molar-refractivity contribution in [1.82, 2.24) is 5.32 Å². The lowest BCUT2D eigenvalue weighted by Crippen LogP contribution is -2.54. The second-order valence-corrected chi connectivity index (χ2v) is 7.76. The van der Waals surface area contributed by atoms with Crippen molar-refractivity contribution in [2.75, 3.05) is 6.61 Å². The van der Waals surface area contributed by atoms with Gasteiger partial charge in [0.2, 0.25) is 0 Å². The Hall–Kier alpha value is -0.380. The predicted octanol–water partition coefficient (Wildman–Crippen LogP) is 3.42. The molecule has 1 aliphatic rings. The Labute approximate surface area is 114 Å². The van der Waals surface area contributed by atoms with Crippen LogP contribution in [-0.2, 0) is 6.54 Å². The fourth-order valence-corrected chi connectivity index (χ4v) is 4.39. The molecule has 2 atom stereocenters. The van der Waals surface area contributed by atoms with Crippen LogP contribution >= 0.6 is 11.3 Å². The molecular formula is C15H25NOS. The molecule has 0 amide bonds. The zero-order valence-electron chi connectivity index (χ0n) is 11.7. The standard InChI is InChI=1S/C15H25NOS/c1-12-7-14(2,3)10-15(8-12,11-17)16-9-13-5-4-6-18-13/h4-6,12,16-17H,7-11H2,1-3H3. The van der Waals surface area contributed by atoms with E-state index in [1.54, 1.807) is 11.3 Å². The monoisotopic (exact) mass is 267 g/mol. The van der Waals surface area contributed by atoms with Gasteiger partial charge in [-0.3, -0.25) is 0 Å². The van der Waals surface area contributed by atoms with E-state index in [0.717, 1.165) is 19.4 Å². The summed E-state index contributed by atoms with van der Waals surface area (Å²) in [6.07, 6.45) is 3.40. The molecule has 18 heavy (non-hydrogen) atoms. The minimum absolute atomic E-state index is 0.0921. The second kappa shape index (κ2) is 5.32. The molecule has 1 aromatic rings. The molecule has 0 aromatic carbocycles. The molecule has 3 heteroatoms. The zero-order valence-corrected chi connectivity index (χ0v) is 12.5. The third-order valence-corrected chi connectivity index (χ3v) is 4.85. The topological polar surface area (TPSA) is 32.3 Å². The lowest BCUT2D eigenvalue weighted by molar-refractivity contribution is 0.0354. The predicted molar refractivity (Wildman–Crippen MR) is 77.8 cm³/mol. The first-order chi connectivity index (χ1) is 8.45. The van der Waals surface area contributed by atoms with Crippen LogP contribution in [0, 0.1) is 11.3 Å². The van der Waals surface area contributed by atoms with E-state index in [4.69, 9.17) is 0 Å². The van der Waals surface area contributed by atoms with E-state index in [9.17, 15) is 5.11 Å². The molecule has 1 saturated carbocycles. The average molecular weight is 267 g/mol. The largest absolute Gasteiger partial charge is 0.394 e. The molecule has 0 radical (unpaired) electrons. The molecule has 2 N–H and O–H groups in total. The van der Waals surface area contributed by atoms with Gasteiger partial charge in [-0.15, -0.1) is 11.3 Å². The van der Waals surface area contributed by atoms with Crippen LogP contribution in [0.25, 0.3) is 0 Å². The summed E-state index contributed by atoms with van der Waals surface area (Å²) < 4.78 is 0. The highest BCUT2D eigenvalue weighted by Crippen LogP contribution is 2.43. The Balaban J connectivity index is 2.05. The van der Waals surface area contributed by atoms with Gasteiger partial charge >= 0.3 is 0 Å². The Kier molecular flexibility index (Phi) is 4.15. The van der Waals surface area contributed by atoms with Crippen molar-refractivity contribution < 1.29 is 5.11 Å². The molecule has 0 bridgehead atoms. The van der Waals surface area contributed by atoms with Gasteiger partial charge in [-0.05, 0) is 42.0 Å². The van der Waals surface area contributed by atoms with Gasteiger partial charge in [-0.25, -0.2) is 0 Å². The van der Waals surface area contributed by atoms with Crippen molar-refractivity contribution in [3.63, 3.8) is 0 Å². The summed E-state index contributed by atoms with van der Waals surface area (Å²) >= 11 is 1.78. The third kappa shape index (κ3) is 3.34. The summed E-state index contributed by atoms with van der Waals surface area (Å²) in [5.74, 6) is 0.678. The van der Waals surface area contributed by atoms with Gasteiger partial charge in [0, 0.05) is 17.0 Å². The molecule has 102 valence electrons. The zero-order chi connectivity index (χ0) is 13.2. The number of rotatable bonds is 4. The van der Waals surface area contributed by atoms with Gasteiger partial charge in [-0.1, -0.05) is 26.8 Å². The van der Waals surface area contributed by atoms with Crippen molar-refractivity contribution >= 4 is 11.3 Å². The summed E-state index contributed by atoms with van der Waals surface area (Å²) in [6, 6.07) is 4.24. The highest BCUT2D eigenvalue weighted by molar-refractivity contribution is 7.09. The van der Waals surface area contributed by atoms with Crippen molar-refractivity contribution in [1.29, 1.82) is 0 Å². The molecule has 1 aromatic heterocycles. The van der Waals surface area contributed by atoms with Gasteiger partial charge in [0.05, 0.1) is 6.61 Å². The highest BCUT2D eigenvalue weighted by Gasteiger charge is 2.42. The molecule has 0 aliphatic heterocycles. The number of aliphatic hydroxyl groups is 1. The summed E-state index contributed by atoms with van der Waals surface area (Å²) in [7, 11) is 0. The van der Waals surface area contributed by atoms with Crippen molar-refractivity contribution in [2.45, 2.75) is 52.1 Å². The second-order valence-electron chi connectivity index (χ2n) is 6.73. The number of nitrogens with one attached hydrogen (secondary N) is 1. The molecule has 1 fully saturated rings. The molecule has 2 rings (SSSR count). The van der Waals surface area contributed by atoms with Crippen LogP contribution in [-0.4, -0.2) is 17.3 Å². The third-order valence-electron chi connectivity index (χ3n) is 3.98. The SMILES string of the molecule is CC1CC(C)(C)CC(CO)(NCc2cccs2)C1. The number of aliphatic hydroxyl groups excluding tert-OH is 1. The maximum Gasteiger partial charge on any atom is 0.0613 e. The Morgan fingerprint density at radius 2 is 2.22 bits per heavy atom. The number of hydrogen-bond acceptors (Lipinski definition) is 3. The van der Waals surface area contributed by atoms with Gasteiger partial charge in [0.25, 0.3) is 0 Å². The quantitative estimate of drug-likeness (QED) is 0.876. The van der Waals surface area contributed by atoms with Crippen LogP contribution in [0.15, 0.2) is 17.5 Å². The normalized spacial score (nSPS) is 31.4. The molecular weight excluding hydrogens is 242 g/mol. The van der Waals surface area contributed by atoms with Gasteiger partial charge in [-0.2, -0.15) is 0 Å². The Morgan fingerprint density at radius 3 is 2.78 bits per heavy atom. The van der Waals surface area contributed by atoms with Crippen LogP contribution in [0.4, 0.5) is 0 Å². The van der Waals surface area contributed by atoms with E-state index in [2.05, 4.69) is 43.6 Å². The van der Waals surface area contributed by atoms with E-state index in [-0.39, 0.29) is 12.1 Å². The van der Waals surface area contributed by atoms with E-state index < -0.39 is 0 Å².